The summed E-state index contributed by atoms with van der Waals surface area (Å²) in [6, 6.07) is 3.89. The molecule has 0 aromatic heterocycles. The molecule has 1 fully saturated rings. The summed E-state index contributed by atoms with van der Waals surface area (Å²) in [7, 11) is -3.42. The number of hydrogen-bond donors (Lipinski definition) is 0. The summed E-state index contributed by atoms with van der Waals surface area (Å²) in [5.41, 5.74) is 2.76. The third kappa shape index (κ3) is 4.34. The standard InChI is InChI=1S/C18H29NO3S/c1-13(2)12-22-17-6-8-19(9-7-17)23(20,21)18-15(4)10-14(3)11-16(18)5/h10-11,13,17H,6-9,12H2,1-5H3. The molecule has 2 rings (SSSR count). The van der Waals surface area contributed by atoms with Gasteiger partial charge < -0.3 is 4.74 Å². The predicted octanol–water partition coefficient (Wildman–Crippen LogP) is 3.44. The van der Waals surface area contributed by atoms with Gasteiger partial charge in [-0.15, -0.1) is 0 Å². The molecule has 5 heteroatoms. The highest BCUT2D eigenvalue weighted by Gasteiger charge is 2.31. The van der Waals surface area contributed by atoms with Crippen LogP contribution in [0.5, 0.6) is 0 Å². The largest absolute Gasteiger partial charge is 0.378 e. The van der Waals surface area contributed by atoms with Gasteiger partial charge in [0.15, 0.2) is 0 Å². The molecule has 0 N–H and O–H groups in total. The second-order valence-electron chi connectivity index (χ2n) is 7.06. The van der Waals surface area contributed by atoms with Crippen LogP contribution in [0.15, 0.2) is 17.0 Å². The molecule has 0 radical (unpaired) electrons. The van der Waals surface area contributed by atoms with Crippen LogP contribution in [-0.2, 0) is 14.8 Å². The predicted molar refractivity (Wildman–Crippen MR) is 93.2 cm³/mol. The van der Waals surface area contributed by atoms with E-state index in [1.807, 2.05) is 32.9 Å². The number of nitrogens with zero attached hydrogens (tertiary/aromatic N) is 1. The van der Waals surface area contributed by atoms with Crippen LogP contribution < -0.4 is 0 Å². The van der Waals surface area contributed by atoms with Crippen molar-refractivity contribution >= 4 is 10.0 Å². The second kappa shape index (κ2) is 7.32. The summed E-state index contributed by atoms with van der Waals surface area (Å²) >= 11 is 0. The maximum absolute atomic E-state index is 13.0. The fourth-order valence-corrected chi connectivity index (χ4v) is 5.15. The molecule has 1 aromatic carbocycles. The van der Waals surface area contributed by atoms with E-state index in [0.29, 0.717) is 23.9 Å². The molecule has 0 atom stereocenters. The molecule has 130 valence electrons. The number of ether oxygens (including phenoxy) is 1. The molecule has 1 aliphatic rings. The number of piperidine rings is 1. The van der Waals surface area contributed by atoms with Gasteiger partial charge in [0.1, 0.15) is 0 Å². The molecule has 1 aromatic rings. The summed E-state index contributed by atoms with van der Waals surface area (Å²) in [6.07, 6.45) is 1.73. The Bertz CT molecular complexity index is 621. The van der Waals surface area contributed by atoms with Crippen molar-refractivity contribution in [1.82, 2.24) is 4.31 Å². The molecule has 1 aliphatic heterocycles. The molecule has 0 amide bonds. The topological polar surface area (TPSA) is 46.6 Å². The van der Waals surface area contributed by atoms with Crippen LogP contribution in [0, 0.1) is 26.7 Å². The first kappa shape index (κ1) is 18.4. The van der Waals surface area contributed by atoms with Gasteiger partial charge in [0, 0.05) is 19.7 Å². The van der Waals surface area contributed by atoms with E-state index in [-0.39, 0.29) is 6.10 Å². The maximum atomic E-state index is 13.0. The van der Waals surface area contributed by atoms with Crippen LogP contribution in [0.2, 0.25) is 0 Å². The summed E-state index contributed by atoms with van der Waals surface area (Å²) in [5.74, 6) is 0.509. The smallest absolute Gasteiger partial charge is 0.243 e. The molecule has 0 unspecified atom stereocenters. The Kier molecular flexibility index (Phi) is 5.87. The van der Waals surface area contributed by atoms with Crippen molar-refractivity contribution in [1.29, 1.82) is 0 Å². The van der Waals surface area contributed by atoms with E-state index in [4.69, 9.17) is 4.74 Å². The van der Waals surface area contributed by atoms with Crippen molar-refractivity contribution < 1.29 is 13.2 Å². The van der Waals surface area contributed by atoms with E-state index in [1.54, 1.807) is 4.31 Å². The minimum absolute atomic E-state index is 0.184. The van der Waals surface area contributed by atoms with E-state index >= 15 is 0 Å². The first-order valence-corrected chi connectivity index (χ1v) is 9.85. The van der Waals surface area contributed by atoms with Gasteiger partial charge in [-0.3, -0.25) is 0 Å². The van der Waals surface area contributed by atoms with Gasteiger partial charge in [0.2, 0.25) is 10.0 Å². The van der Waals surface area contributed by atoms with Gasteiger partial charge in [-0.05, 0) is 50.7 Å². The van der Waals surface area contributed by atoms with Crippen LogP contribution in [0.3, 0.4) is 0 Å². The first-order chi connectivity index (χ1) is 10.7. The minimum atomic E-state index is -3.42. The molecule has 0 bridgehead atoms. The van der Waals surface area contributed by atoms with Gasteiger partial charge >= 0.3 is 0 Å². The molecular weight excluding hydrogens is 310 g/mol. The fraction of sp³-hybridized carbons (Fsp3) is 0.667. The summed E-state index contributed by atoms with van der Waals surface area (Å²) in [5, 5.41) is 0. The number of benzene rings is 1. The lowest BCUT2D eigenvalue weighted by atomic mass is 10.1. The van der Waals surface area contributed by atoms with Crippen LogP contribution >= 0.6 is 0 Å². The molecule has 0 saturated carbocycles. The fourth-order valence-electron chi connectivity index (χ4n) is 3.27. The lowest BCUT2D eigenvalue weighted by Crippen LogP contribution is -2.41. The average molecular weight is 340 g/mol. The van der Waals surface area contributed by atoms with Gasteiger partial charge in [-0.1, -0.05) is 31.5 Å². The van der Waals surface area contributed by atoms with Crippen LogP contribution in [0.1, 0.15) is 43.4 Å². The van der Waals surface area contributed by atoms with Gasteiger partial charge in [-0.2, -0.15) is 4.31 Å². The maximum Gasteiger partial charge on any atom is 0.243 e. The summed E-state index contributed by atoms with van der Waals surface area (Å²) in [6.45, 7) is 11.8. The van der Waals surface area contributed by atoms with Crippen molar-refractivity contribution in [2.75, 3.05) is 19.7 Å². The zero-order chi connectivity index (χ0) is 17.2. The number of aryl methyl sites for hydroxylation is 3. The Morgan fingerprint density at radius 1 is 1.13 bits per heavy atom. The monoisotopic (exact) mass is 339 g/mol. The van der Waals surface area contributed by atoms with Crippen LogP contribution in [0.4, 0.5) is 0 Å². The van der Waals surface area contributed by atoms with Crippen molar-refractivity contribution in [3.8, 4) is 0 Å². The molecular formula is C18H29NO3S. The van der Waals surface area contributed by atoms with Gasteiger partial charge in [0.05, 0.1) is 11.0 Å². The first-order valence-electron chi connectivity index (χ1n) is 8.41. The highest BCUT2D eigenvalue weighted by Crippen LogP contribution is 2.28. The summed E-state index contributed by atoms with van der Waals surface area (Å²) in [4.78, 5) is 0.477. The Labute approximate surface area is 140 Å². The molecule has 4 nitrogen and oxygen atoms in total. The van der Waals surface area contributed by atoms with Crippen LogP contribution in [0.25, 0.3) is 0 Å². The third-order valence-electron chi connectivity index (χ3n) is 4.27. The normalized spacial score (nSPS) is 17.8. The minimum Gasteiger partial charge on any atom is -0.378 e. The zero-order valence-electron chi connectivity index (χ0n) is 14.9. The van der Waals surface area contributed by atoms with E-state index in [1.165, 1.54) is 0 Å². The lowest BCUT2D eigenvalue weighted by Gasteiger charge is -2.32. The Hall–Kier alpha value is -0.910. The average Bonchev–Trinajstić information content (AvgIpc) is 2.44. The molecule has 0 spiro atoms. The van der Waals surface area contributed by atoms with E-state index < -0.39 is 10.0 Å². The number of rotatable bonds is 5. The highest BCUT2D eigenvalue weighted by atomic mass is 32.2. The van der Waals surface area contributed by atoms with Crippen LogP contribution in [-0.4, -0.2) is 38.5 Å². The Balaban J connectivity index is 2.11. The summed E-state index contributed by atoms with van der Waals surface area (Å²) < 4.78 is 33.5. The molecule has 1 heterocycles. The van der Waals surface area contributed by atoms with E-state index in [0.717, 1.165) is 36.1 Å². The van der Waals surface area contributed by atoms with Gasteiger partial charge in [-0.25, -0.2) is 8.42 Å². The van der Waals surface area contributed by atoms with Crippen molar-refractivity contribution in [3.63, 3.8) is 0 Å². The molecule has 0 aliphatic carbocycles. The zero-order valence-corrected chi connectivity index (χ0v) is 15.7. The number of hydrogen-bond acceptors (Lipinski definition) is 3. The molecule has 23 heavy (non-hydrogen) atoms. The van der Waals surface area contributed by atoms with Crippen molar-refractivity contribution in [3.05, 3.63) is 28.8 Å². The van der Waals surface area contributed by atoms with E-state index in [9.17, 15) is 8.42 Å². The molecule has 1 saturated heterocycles. The third-order valence-corrected chi connectivity index (χ3v) is 6.47. The second-order valence-corrected chi connectivity index (χ2v) is 8.93. The SMILES string of the molecule is Cc1cc(C)c(S(=O)(=O)N2CCC(OCC(C)C)CC2)c(C)c1. The highest BCUT2D eigenvalue weighted by molar-refractivity contribution is 7.89. The Morgan fingerprint density at radius 3 is 2.13 bits per heavy atom. The lowest BCUT2D eigenvalue weighted by molar-refractivity contribution is 0.00748. The van der Waals surface area contributed by atoms with E-state index in [2.05, 4.69) is 13.8 Å². The quantitative estimate of drug-likeness (QED) is 0.825. The number of sulfonamides is 1. The van der Waals surface area contributed by atoms with Gasteiger partial charge in [0.25, 0.3) is 0 Å². The van der Waals surface area contributed by atoms with Crippen molar-refractivity contribution in [2.24, 2.45) is 5.92 Å². The van der Waals surface area contributed by atoms with Crippen molar-refractivity contribution in [2.45, 2.75) is 58.5 Å². The Morgan fingerprint density at radius 2 is 1.65 bits per heavy atom.